The quantitative estimate of drug-likeness (QED) is 0.0653. The zero-order chi connectivity index (χ0) is 25.0. The first kappa shape index (κ1) is 25.7. The van der Waals surface area contributed by atoms with E-state index in [0.717, 1.165) is 6.33 Å². The van der Waals surface area contributed by atoms with Gasteiger partial charge in [0.2, 0.25) is 0 Å². The molecule has 1 unspecified atom stereocenters. The number of nitrogens with zero attached hydrogens (tertiary/aromatic N) is 4. The summed E-state index contributed by atoms with van der Waals surface area (Å²) in [5.41, 5.74) is 9.92. The van der Waals surface area contributed by atoms with Crippen molar-refractivity contribution in [2.24, 2.45) is 16.5 Å². The maximum Gasteiger partial charge on any atom is 0.403 e. The van der Waals surface area contributed by atoms with Gasteiger partial charge in [-0.15, -0.1) is 0 Å². The van der Waals surface area contributed by atoms with Crippen molar-refractivity contribution in [2.45, 2.75) is 43.4 Å². The second kappa shape index (κ2) is 10.6. The summed E-state index contributed by atoms with van der Waals surface area (Å²) in [7, 11) is -4.66. The van der Waals surface area contributed by atoms with Crippen molar-refractivity contribution in [2.75, 3.05) is 13.2 Å². The molecule has 2 aromatic rings. The Morgan fingerprint density at radius 1 is 1.38 bits per heavy atom. The standard InChI is InChI=1S/C16H25N8O9P/c17-16(18)19-3-1-2-7(15(28)29)23-34(30,31)32-4-8-10(25)11(26)14(33-8)24-6-22-9-12(24)20-5-21-13(9)27/h5-8,10-11,14,25-26H,1-4H2,(H,28,29)(H4,17,18,19)(H,20,21,27)(H2,23,30,31)/t7-,8+,10+,11+,14+/m0/s1. The Hall–Kier alpha value is -2.92. The van der Waals surface area contributed by atoms with E-state index in [9.17, 15) is 34.4 Å². The van der Waals surface area contributed by atoms with E-state index in [1.807, 2.05) is 5.09 Å². The van der Waals surface area contributed by atoms with Crippen LogP contribution in [0.5, 0.6) is 0 Å². The lowest BCUT2D eigenvalue weighted by Gasteiger charge is -2.21. The number of aromatic amines is 1. The molecule has 1 saturated heterocycles. The molecule has 1 aliphatic rings. The zero-order valence-electron chi connectivity index (χ0n) is 17.6. The largest absolute Gasteiger partial charge is 0.480 e. The van der Waals surface area contributed by atoms with Crippen molar-refractivity contribution >= 4 is 30.8 Å². The highest BCUT2D eigenvalue weighted by molar-refractivity contribution is 7.50. The Bertz CT molecular complexity index is 1150. The summed E-state index contributed by atoms with van der Waals surface area (Å²) in [6.07, 6.45) is -3.11. The van der Waals surface area contributed by atoms with Gasteiger partial charge in [-0.2, -0.15) is 0 Å². The van der Waals surface area contributed by atoms with E-state index in [0.29, 0.717) is 0 Å². The van der Waals surface area contributed by atoms with Crippen LogP contribution in [0.2, 0.25) is 0 Å². The molecule has 3 heterocycles. The van der Waals surface area contributed by atoms with E-state index in [2.05, 4.69) is 19.9 Å². The van der Waals surface area contributed by atoms with Gasteiger partial charge in [0.05, 0.1) is 19.3 Å². The van der Waals surface area contributed by atoms with Crippen LogP contribution >= 0.6 is 7.75 Å². The molecule has 34 heavy (non-hydrogen) atoms. The third kappa shape index (κ3) is 5.95. The first-order valence-electron chi connectivity index (χ1n) is 9.95. The Morgan fingerprint density at radius 2 is 2.12 bits per heavy atom. The number of aliphatic imine (C=N–C) groups is 1. The molecular weight excluding hydrogens is 479 g/mol. The topological polar surface area (TPSA) is 274 Å². The minimum atomic E-state index is -4.66. The number of aliphatic carboxylic acids is 1. The molecule has 1 fully saturated rings. The highest BCUT2D eigenvalue weighted by Crippen LogP contribution is 2.40. The Kier molecular flexibility index (Phi) is 7.98. The summed E-state index contributed by atoms with van der Waals surface area (Å²) < 4.78 is 24.1. The van der Waals surface area contributed by atoms with E-state index < -0.39 is 56.5 Å². The molecule has 18 heteroatoms. The lowest BCUT2D eigenvalue weighted by Crippen LogP contribution is -2.37. The number of H-pyrrole nitrogens is 1. The molecule has 0 bridgehead atoms. The molecule has 10 N–H and O–H groups in total. The second-order valence-corrected chi connectivity index (χ2v) is 8.94. The molecule has 0 radical (unpaired) electrons. The zero-order valence-corrected chi connectivity index (χ0v) is 18.5. The highest BCUT2D eigenvalue weighted by Gasteiger charge is 2.45. The molecule has 0 saturated carbocycles. The number of carboxylic acids is 1. The monoisotopic (exact) mass is 504 g/mol. The molecule has 0 amide bonds. The predicted octanol–water partition coefficient (Wildman–Crippen LogP) is -3.05. The van der Waals surface area contributed by atoms with E-state index in [-0.39, 0.29) is 36.5 Å². The van der Waals surface area contributed by atoms with Gasteiger partial charge in [-0.1, -0.05) is 0 Å². The van der Waals surface area contributed by atoms with Crippen LogP contribution in [-0.2, 0) is 18.6 Å². The third-order valence-corrected chi connectivity index (χ3v) is 6.09. The fraction of sp³-hybridized carbons (Fsp3) is 0.562. The molecule has 188 valence electrons. The van der Waals surface area contributed by atoms with Crippen molar-refractivity contribution < 1.29 is 38.8 Å². The lowest BCUT2D eigenvalue weighted by atomic mass is 10.1. The second-order valence-electron chi connectivity index (χ2n) is 7.39. The number of carboxylic acid groups (broad SMARTS) is 1. The van der Waals surface area contributed by atoms with Gasteiger partial charge < -0.3 is 41.4 Å². The van der Waals surface area contributed by atoms with E-state index in [4.69, 9.17) is 20.7 Å². The summed E-state index contributed by atoms with van der Waals surface area (Å²) in [6, 6.07) is -1.45. The average Bonchev–Trinajstić information content (AvgIpc) is 3.31. The van der Waals surface area contributed by atoms with Crippen molar-refractivity contribution in [3.8, 4) is 0 Å². The number of hydrogen-bond acceptors (Lipinski definition) is 10. The minimum Gasteiger partial charge on any atom is -0.480 e. The SMILES string of the molecule is NC(N)=NCCC[C@H](NP(=O)(O)OC[C@H]1O[C@@H](n2cnc3c(=O)[nH]cnc32)[C@H](O)[C@@H]1O)C(=O)O. The number of hydrogen-bond donors (Lipinski definition) is 8. The van der Waals surface area contributed by atoms with Crippen molar-refractivity contribution in [1.29, 1.82) is 0 Å². The number of aliphatic hydroxyl groups is 2. The number of nitrogens with two attached hydrogens (primary N) is 2. The summed E-state index contributed by atoms with van der Waals surface area (Å²) >= 11 is 0. The number of guanidine groups is 1. The van der Waals surface area contributed by atoms with E-state index in [1.165, 1.54) is 10.9 Å². The number of carbonyl (C=O) groups is 1. The van der Waals surface area contributed by atoms with Crippen LogP contribution in [0.15, 0.2) is 22.4 Å². The van der Waals surface area contributed by atoms with Crippen molar-refractivity contribution in [3.05, 3.63) is 23.0 Å². The summed E-state index contributed by atoms with van der Waals surface area (Å²) in [4.78, 5) is 47.2. The fourth-order valence-corrected chi connectivity index (χ4v) is 4.36. The van der Waals surface area contributed by atoms with Crippen LogP contribution in [0.1, 0.15) is 19.1 Å². The van der Waals surface area contributed by atoms with Crippen molar-refractivity contribution in [1.82, 2.24) is 24.6 Å². The van der Waals surface area contributed by atoms with Gasteiger partial charge in [0.15, 0.2) is 23.4 Å². The Labute approximate surface area is 191 Å². The van der Waals surface area contributed by atoms with Crippen LogP contribution in [0.3, 0.4) is 0 Å². The number of rotatable bonds is 11. The van der Waals surface area contributed by atoms with Crippen LogP contribution in [0, 0.1) is 0 Å². The molecule has 6 atom stereocenters. The normalized spacial score (nSPS) is 25.1. The van der Waals surface area contributed by atoms with E-state index >= 15 is 0 Å². The van der Waals surface area contributed by atoms with Crippen LogP contribution < -0.4 is 22.1 Å². The molecule has 17 nitrogen and oxygen atoms in total. The predicted molar refractivity (Wildman–Crippen MR) is 114 cm³/mol. The van der Waals surface area contributed by atoms with Crippen LogP contribution in [-0.4, -0.2) is 89.2 Å². The Morgan fingerprint density at radius 3 is 2.79 bits per heavy atom. The summed E-state index contributed by atoms with van der Waals surface area (Å²) in [6.45, 7) is -0.550. The molecule has 2 aromatic heterocycles. The third-order valence-electron chi connectivity index (χ3n) is 4.95. The van der Waals surface area contributed by atoms with Gasteiger partial charge in [-0.3, -0.25) is 23.7 Å². The number of imidazole rings is 1. The summed E-state index contributed by atoms with van der Waals surface area (Å²) in [5, 5.41) is 32.0. The average molecular weight is 504 g/mol. The number of fused-ring (bicyclic) bond motifs is 1. The number of aliphatic hydroxyl groups excluding tert-OH is 2. The highest BCUT2D eigenvalue weighted by atomic mass is 31.2. The smallest absolute Gasteiger partial charge is 0.403 e. The number of aromatic nitrogens is 4. The van der Waals surface area contributed by atoms with Gasteiger partial charge in [0.1, 0.15) is 24.4 Å². The molecular formula is C16H25N8O9P. The number of ether oxygens (including phenoxy) is 1. The van der Waals surface area contributed by atoms with Crippen LogP contribution in [0.25, 0.3) is 11.2 Å². The van der Waals surface area contributed by atoms with E-state index in [1.54, 1.807) is 0 Å². The van der Waals surface area contributed by atoms with Gasteiger partial charge in [0, 0.05) is 6.54 Å². The molecule has 0 aliphatic carbocycles. The fourth-order valence-electron chi connectivity index (χ4n) is 3.30. The first-order valence-corrected chi connectivity index (χ1v) is 11.5. The van der Waals surface area contributed by atoms with Gasteiger partial charge in [-0.05, 0) is 12.8 Å². The maximum atomic E-state index is 12.4. The maximum absolute atomic E-state index is 12.4. The molecule has 0 aromatic carbocycles. The molecule has 1 aliphatic heterocycles. The lowest BCUT2D eigenvalue weighted by molar-refractivity contribution is -0.139. The van der Waals surface area contributed by atoms with Crippen LogP contribution in [0.4, 0.5) is 0 Å². The van der Waals surface area contributed by atoms with Gasteiger partial charge in [-0.25, -0.2) is 19.6 Å². The minimum absolute atomic E-state index is 0.0175. The van der Waals surface area contributed by atoms with Gasteiger partial charge in [0.25, 0.3) is 5.56 Å². The van der Waals surface area contributed by atoms with Crippen molar-refractivity contribution in [3.63, 3.8) is 0 Å². The van der Waals surface area contributed by atoms with Gasteiger partial charge >= 0.3 is 13.7 Å². The number of nitrogens with one attached hydrogen (secondary N) is 2. The summed E-state index contributed by atoms with van der Waals surface area (Å²) in [5.74, 6) is -1.57. The first-order chi connectivity index (χ1) is 16.0. The molecule has 0 spiro atoms. The Balaban J connectivity index is 1.62. The molecule has 3 rings (SSSR count).